The highest BCUT2D eigenvalue weighted by atomic mass is 19.1. The smallest absolute Gasteiger partial charge is 0.408 e. The summed E-state index contributed by atoms with van der Waals surface area (Å²) in [5.74, 6) is -0.548. The summed E-state index contributed by atoms with van der Waals surface area (Å²) in [6.07, 6.45) is -0.468. The van der Waals surface area contributed by atoms with Crippen molar-refractivity contribution >= 4 is 12.1 Å². The zero-order valence-electron chi connectivity index (χ0n) is 15.8. The molecule has 1 N–H and O–H groups in total. The highest BCUT2D eigenvalue weighted by Gasteiger charge is 2.28. The normalized spacial score (nSPS) is 13.1. The molecular formula is C19H28FNO4. The highest BCUT2D eigenvalue weighted by molar-refractivity contribution is 5.82. The van der Waals surface area contributed by atoms with E-state index in [1.54, 1.807) is 65.8 Å². The van der Waals surface area contributed by atoms with E-state index in [0.29, 0.717) is 5.56 Å². The second-order valence-electron chi connectivity index (χ2n) is 7.89. The summed E-state index contributed by atoms with van der Waals surface area (Å²) in [7, 11) is 0. The van der Waals surface area contributed by atoms with Gasteiger partial charge in [0.05, 0.1) is 0 Å². The van der Waals surface area contributed by atoms with Gasteiger partial charge in [0, 0.05) is 6.42 Å². The van der Waals surface area contributed by atoms with Gasteiger partial charge in [-0.3, -0.25) is 0 Å². The molecule has 0 saturated heterocycles. The topological polar surface area (TPSA) is 64.6 Å². The molecule has 1 aromatic rings. The van der Waals surface area contributed by atoms with E-state index in [4.69, 9.17) is 9.47 Å². The maximum Gasteiger partial charge on any atom is 0.408 e. The van der Waals surface area contributed by atoms with Crippen molar-refractivity contribution in [3.8, 4) is 0 Å². The lowest BCUT2D eigenvalue weighted by molar-refractivity contribution is -0.157. The van der Waals surface area contributed by atoms with Gasteiger partial charge in [-0.25, -0.2) is 14.0 Å². The zero-order chi connectivity index (χ0) is 19.3. The summed E-state index contributed by atoms with van der Waals surface area (Å²) < 4.78 is 23.2. The largest absolute Gasteiger partial charge is 0.458 e. The Hall–Kier alpha value is -2.11. The minimum atomic E-state index is -0.898. The molecule has 1 rings (SSSR count). The molecule has 0 aliphatic carbocycles. The summed E-state index contributed by atoms with van der Waals surface area (Å²) in [5.41, 5.74) is -0.0178. The van der Waals surface area contributed by atoms with E-state index in [1.807, 2.05) is 0 Å². The number of halogens is 1. The number of alkyl halides is 1. The Kier molecular flexibility index (Phi) is 6.96. The van der Waals surface area contributed by atoms with E-state index in [2.05, 4.69) is 5.32 Å². The molecule has 1 amide bonds. The van der Waals surface area contributed by atoms with Gasteiger partial charge in [-0.1, -0.05) is 24.3 Å². The standard InChI is InChI=1S/C19H28FNO4/c1-18(2,3)24-16(22)15(21-17(23)25-19(4,5)6)11-13-7-9-14(12-20)10-8-13/h7-10,15H,11-12H2,1-6H3,(H,21,23)/t15-/m1/s1. The van der Waals surface area contributed by atoms with Crippen molar-refractivity contribution in [3.63, 3.8) is 0 Å². The van der Waals surface area contributed by atoms with E-state index >= 15 is 0 Å². The first-order valence-corrected chi connectivity index (χ1v) is 8.26. The van der Waals surface area contributed by atoms with Gasteiger partial charge >= 0.3 is 12.1 Å². The number of benzene rings is 1. The summed E-state index contributed by atoms with van der Waals surface area (Å²) >= 11 is 0. The first-order chi connectivity index (χ1) is 11.4. The monoisotopic (exact) mass is 353 g/mol. The molecule has 0 aromatic heterocycles. The first-order valence-electron chi connectivity index (χ1n) is 8.26. The third-order valence-corrected chi connectivity index (χ3v) is 3.00. The molecule has 0 saturated carbocycles. The van der Waals surface area contributed by atoms with E-state index < -0.39 is 36.0 Å². The fraction of sp³-hybridized carbons (Fsp3) is 0.579. The van der Waals surface area contributed by atoms with E-state index in [0.717, 1.165) is 5.56 Å². The molecule has 0 aliphatic rings. The minimum absolute atomic E-state index is 0.223. The van der Waals surface area contributed by atoms with Crippen LogP contribution in [0.25, 0.3) is 0 Å². The van der Waals surface area contributed by atoms with Gasteiger partial charge in [-0.05, 0) is 52.7 Å². The van der Waals surface area contributed by atoms with Crippen LogP contribution in [0.1, 0.15) is 52.7 Å². The Morgan fingerprint density at radius 1 is 0.960 bits per heavy atom. The van der Waals surface area contributed by atoms with Crippen LogP contribution in [0.2, 0.25) is 0 Å². The average Bonchev–Trinajstić information content (AvgIpc) is 2.43. The molecule has 140 valence electrons. The molecule has 1 aromatic carbocycles. The summed E-state index contributed by atoms with van der Waals surface area (Å²) in [4.78, 5) is 24.5. The zero-order valence-corrected chi connectivity index (χ0v) is 15.8. The number of hydrogen-bond donors (Lipinski definition) is 1. The van der Waals surface area contributed by atoms with Gasteiger partial charge in [0.1, 0.15) is 23.9 Å². The van der Waals surface area contributed by atoms with Crippen molar-refractivity contribution < 1.29 is 23.5 Å². The second-order valence-corrected chi connectivity index (χ2v) is 7.89. The number of rotatable bonds is 5. The number of ether oxygens (including phenoxy) is 2. The van der Waals surface area contributed by atoms with Gasteiger partial charge in [0.15, 0.2) is 0 Å². The molecule has 6 heteroatoms. The Balaban J connectivity index is 2.89. The van der Waals surface area contributed by atoms with Crippen LogP contribution in [0.4, 0.5) is 9.18 Å². The van der Waals surface area contributed by atoms with Gasteiger partial charge in [-0.2, -0.15) is 0 Å². The number of esters is 1. The molecule has 0 fully saturated rings. The van der Waals surface area contributed by atoms with Crippen LogP contribution in [0, 0.1) is 0 Å². The third kappa shape index (κ3) is 8.52. The molecule has 0 aliphatic heterocycles. The minimum Gasteiger partial charge on any atom is -0.458 e. The Morgan fingerprint density at radius 3 is 1.88 bits per heavy atom. The Morgan fingerprint density at radius 2 is 1.44 bits per heavy atom. The van der Waals surface area contributed by atoms with Gasteiger partial charge in [-0.15, -0.1) is 0 Å². The molecule has 0 heterocycles. The number of nitrogens with one attached hydrogen (secondary N) is 1. The second kappa shape index (κ2) is 8.32. The number of hydrogen-bond acceptors (Lipinski definition) is 4. The van der Waals surface area contributed by atoms with Crippen LogP contribution in [0.15, 0.2) is 24.3 Å². The highest BCUT2D eigenvalue weighted by Crippen LogP contribution is 2.14. The number of carbonyl (C=O) groups excluding carboxylic acids is 2. The molecule has 0 unspecified atom stereocenters. The maximum absolute atomic E-state index is 12.6. The van der Waals surface area contributed by atoms with E-state index in [-0.39, 0.29) is 6.42 Å². The van der Waals surface area contributed by atoms with Crippen LogP contribution in [0.5, 0.6) is 0 Å². The molecule has 0 spiro atoms. The average molecular weight is 353 g/mol. The molecular weight excluding hydrogens is 325 g/mol. The van der Waals surface area contributed by atoms with Crippen LogP contribution in [-0.2, 0) is 27.4 Å². The molecule has 25 heavy (non-hydrogen) atoms. The molecule has 5 nitrogen and oxygen atoms in total. The summed E-state index contributed by atoms with van der Waals surface area (Å²) in [6, 6.07) is 5.85. The van der Waals surface area contributed by atoms with Gasteiger partial charge in [0.25, 0.3) is 0 Å². The van der Waals surface area contributed by atoms with Crippen LogP contribution >= 0.6 is 0 Å². The summed E-state index contributed by atoms with van der Waals surface area (Å²) in [5, 5.41) is 2.56. The number of amides is 1. The fourth-order valence-corrected chi connectivity index (χ4v) is 2.02. The predicted molar refractivity (Wildman–Crippen MR) is 94.0 cm³/mol. The molecule has 0 bridgehead atoms. The Bertz CT molecular complexity index is 585. The van der Waals surface area contributed by atoms with Crippen molar-refractivity contribution in [2.24, 2.45) is 0 Å². The van der Waals surface area contributed by atoms with Gasteiger partial charge < -0.3 is 14.8 Å². The van der Waals surface area contributed by atoms with Crippen molar-refractivity contribution in [1.82, 2.24) is 5.32 Å². The number of alkyl carbamates (subject to hydrolysis) is 1. The maximum atomic E-state index is 12.6. The lowest BCUT2D eigenvalue weighted by Crippen LogP contribution is -2.47. The van der Waals surface area contributed by atoms with Crippen molar-refractivity contribution in [1.29, 1.82) is 0 Å². The van der Waals surface area contributed by atoms with E-state index in [1.165, 1.54) is 0 Å². The van der Waals surface area contributed by atoms with Crippen LogP contribution in [0.3, 0.4) is 0 Å². The fourth-order valence-electron chi connectivity index (χ4n) is 2.02. The quantitative estimate of drug-likeness (QED) is 0.815. The van der Waals surface area contributed by atoms with Crippen molar-refractivity contribution in [2.75, 3.05) is 0 Å². The molecule has 0 radical (unpaired) electrons. The Labute approximate surface area is 148 Å². The number of carbonyl (C=O) groups is 2. The lowest BCUT2D eigenvalue weighted by atomic mass is 10.0. The van der Waals surface area contributed by atoms with Crippen LogP contribution < -0.4 is 5.32 Å². The van der Waals surface area contributed by atoms with Crippen molar-refractivity contribution in [3.05, 3.63) is 35.4 Å². The SMILES string of the molecule is CC(C)(C)OC(=O)N[C@H](Cc1ccc(CF)cc1)C(=O)OC(C)(C)C. The lowest BCUT2D eigenvalue weighted by Gasteiger charge is -2.26. The van der Waals surface area contributed by atoms with Crippen molar-refractivity contribution in [2.45, 2.75) is 71.9 Å². The van der Waals surface area contributed by atoms with Gasteiger partial charge in [0.2, 0.25) is 0 Å². The third-order valence-electron chi connectivity index (χ3n) is 3.00. The van der Waals surface area contributed by atoms with Crippen LogP contribution in [-0.4, -0.2) is 29.3 Å². The van der Waals surface area contributed by atoms with E-state index in [9.17, 15) is 14.0 Å². The first kappa shape index (κ1) is 20.9. The predicted octanol–water partition coefficient (Wildman–Crippen LogP) is 3.93. The molecule has 1 atom stereocenters. The summed E-state index contributed by atoms with van der Waals surface area (Å²) in [6.45, 7) is 9.94.